The van der Waals surface area contributed by atoms with Gasteiger partial charge >= 0.3 is 0 Å². The number of nitrogens with one attached hydrogen (secondary N) is 1. The van der Waals surface area contributed by atoms with Gasteiger partial charge in [-0.05, 0) is 28.6 Å². The Morgan fingerprint density at radius 1 is 1.50 bits per heavy atom. The molecule has 0 fully saturated rings. The van der Waals surface area contributed by atoms with Gasteiger partial charge in [0.05, 0.1) is 17.3 Å². The molecule has 3 N–H and O–H groups in total. The number of benzene rings is 1. The third-order valence-electron chi connectivity index (χ3n) is 2.27. The molecule has 0 saturated carbocycles. The average Bonchev–Trinajstić information content (AvgIpc) is 2.92. The number of carbonyl (C=O) groups excluding carboxylic acids is 1. The third kappa shape index (κ3) is 3.78. The molecule has 8 heteroatoms. The van der Waals surface area contributed by atoms with Crippen molar-refractivity contribution in [3.8, 4) is 11.8 Å². The number of hydrogen-bond acceptors (Lipinski definition) is 5. The minimum atomic E-state index is -0.289. The summed E-state index contributed by atoms with van der Waals surface area (Å²) in [4.78, 5) is 11.8. The number of rotatable bonds is 3. The number of halogens is 1. The normalized spacial score (nSPS) is 9.70. The topological polar surface area (TPSA) is 98.7 Å². The number of hydrogen-bond donors (Lipinski definition) is 2. The van der Waals surface area contributed by atoms with Crippen LogP contribution in [-0.4, -0.2) is 32.7 Å². The van der Waals surface area contributed by atoms with Crippen LogP contribution in [0.25, 0.3) is 0 Å². The molecule has 1 aromatic heterocycles. The van der Waals surface area contributed by atoms with Crippen molar-refractivity contribution < 1.29 is 4.79 Å². The van der Waals surface area contributed by atoms with Crippen LogP contribution in [0.2, 0.25) is 5.02 Å². The summed E-state index contributed by atoms with van der Waals surface area (Å²) in [6.07, 6.45) is 1.35. The molecule has 1 heterocycles. The predicted molar refractivity (Wildman–Crippen MR) is 73.8 cm³/mol. The van der Waals surface area contributed by atoms with E-state index in [1.165, 1.54) is 11.0 Å². The van der Waals surface area contributed by atoms with E-state index >= 15 is 0 Å². The Morgan fingerprint density at radius 2 is 2.35 bits per heavy atom. The van der Waals surface area contributed by atoms with Crippen molar-refractivity contribution in [3.05, 3.63) is 35.1 Å². The van der Waals surface area contributed by atoms with E-state index in [-0.39, 0.29) is 19.0 Å². The van der Waals surface area contributed by atoms with Crippen molar-refractivity contribution in [3.63, 3.8) is 0 Å². The molecular formula is C12H11ClN6O. The molecule has 1 aromatic carbocycles. The Balaban J connectivity index is 2.09. The molecule has 7 nitrogen and oxygen atoms in total. The van der Waals surface area contributed by atoms with E-state index in [0.717, 1.165) is 5.56 Å². The van der Waals surface area contributed by atoms with Crippen LogP contribution in [-0.2, 0) is 11.3 Å². The van der Waals surface area contributed by atoms with Crippen LogP contribution in [0.3, 0.4) is 0 Å². The second kappa shape index (κ2) is 6.65. The zero-order valence-corrected chi connectivity index (χ0v) is 11.1. The molecule has 2 aromatic rings. The minimum Gasteiger partial charge on any atom is -0.323 e. The highest BCUT2D eigenvalue weighted by Gasteiger charge is 2.08. The first kappa shape index (κ1) is 14.0. The Kier molecular flexibility index (Phi) is 4.65. The van der Waals surface area contributed by atoms with Crippen molar-refractivity contribution >= 4 is 23.2 Å². The zero-order valence-electron chi connectivity index (χ0n) is 10.4. The lowest BCUT2D eigenvalue weighted by Crippen LogP contribution is -2.19. The number of carbonyl (C=O) groups is 1. The van der Waals surface area contributed by atoms with Crippen LogP contribution in [0, 0.1) is 11.8 Å². The molecule has 0 atom stereocenters. The van der Waals surface area contributed by atoms with Gasteiger partial charge in [0.1, 0.15) is 12.9 Å². The summed E-state index contributed by atoms with van der Waals surface area (Å²) in [5.41, 5.74) is 6.51. The third-order valence-corrected chi connectivity index (χ3v) is 2.60. The van der Waals surface area contributed by atoms with E-state index in [9.17, 15) is 4.79 Å². The summed E-state index contributed by atoms with van der Waals surface area (Å²) in [5.74, 6) is 5.31. The monoisotopic (exact) mass is 290 g/mol. The summed E-state index contributed by atoms with van der Waals surface area (Å²) >= 11 is 6.02. The maximum atomic E-state index is 11.8. The largest absolute Gasteiger partial charge is 0.323 e. The van der Waals surface area contributed by atoms with Gasteiger partial charge in [-0.15, -0.1) is 5.10 Å². The van der Waals surface area contributed by atoms with Crippen LogP contribution < -0.4 is 11.1 Å². The van der Waals surface area contributed by atoms with Gasteiger partial charge in [0.2, 0.25) is 5.91 Å². The standard InChI is InChI=1S/C12H11ClN6O/c13-10-4-3-9(2-1-5-14)6-11(10)16-12(20)7-19-8-15-17-18-19/h3-4,6,8H,5,7,14H2,(H,16,20). The van der Waals surface area contributed by atoms with Crippen molar-refractivity contribution in [1.82, 2.24) is 20.2 Å². The van der Waals surface area contributed by atoms with Crippen LogP contribution >= 0.6 is 11.6 Å². The number of tetrazole rings is 1. The van der Waals surface area contributed by atoms with Gasteiger partial charge in [-0.2, -0.15) is 0 Å². The summed E-state index contributed by atoms with van der Waals surface area (Å²) < 4.78 is 1.31. The Bertz CT molecular complexity index is 658. The first-order valence-electron chi connectivity index (χ1n) is 5.68. The molecule has 102 valence electrons. The highest BCUT2D eigenvalue weighted by atomic mass is 35.5. The predicted octanol–water partition coefficient (Wildman–Crippen LogP) is 0.275. The molecule has 0 aliphatic rings. The molecule has 0 aliphatic carbocycles. The molecule has 0 aliphatic heterocycles. The lowest BCUT2D eigenvalue weighted by atomic mass is 10.2. The van der Waals surface area contributed by atoms with Crippen LogP contribution in [0.5, 0.6) is 0 Å². The van der Waals surface area contributed by atoms with Gasteiger partial charge in [0.25, 0.3) is 0 Å². The molecule has 0 bridgehead atoms. The second-order valence-corrected chi connectivity index (χ2v) is 4.16. The molecule has 2 rings (SSSR count). The van der Waals surface area contributed by atoms with Gasteiger partial charge in [-0.3, -0.25) is 4.79 Å². The van der Waals surface area contributed by atoms with E-state index in [0.29, 0.717) is 10.7 Å². The fraction of sp³-hybridized carbons (Fsp3) is 0.167. The first-order valence-corrected chi connectivity index (χ1v) is 6.06. The fourth-order valence-electron chi connectivity index (χ4n) is 1.44. The SMILES string of the molecule is NCC#Cc1ccc(Cl)c(NC(=O)Cn2cnnn2)c1. The first-order chi connectivity index (χ1) is 9.69. The minimum absolute atomic E-state index is 0.00202. The lowest BCUT2D eigenvalue weighted by molar-refractivity contribution is -0.116. The zero-order chi connectivity index (χ0) is 14.4. The molecule has 20 heavy (non-hydrogen) atoms. The number of nitrogens with two attached hydrogens (primary N) is 1. The number of anilines is 1. The van der Waals surface area contributed by atoms with Crippen molar-refractivity contribution in [1.29, 1.82) is 0 Å². The number of amides is 1. The fourth-order valence-corrected chi connectivity index (χ4v) is 1.61. The lowest BCUT2D eigenvalue weighted by Gasteiger charge is -2.07. The maximum absolute atomic E-state index is 11.8. The highest BCUT2D eigenvalue weighted by Crippen LogP contribution is 2.22. The quantitative estimate of drug-likeness (QED) is 0.791. The van der Waals surface area contributed by atoms with Gasteiger partial charge in [-0.25, -0.2) is 4.68 Å². The van der Waals surface area contributed by atoms with Crippen LogP contribution in [0.1, 0.15) is 5.56 Å². The average molecular weight is 291 g/mol. The van der Waals surface area contributed by atoms with Crippen molar-refractivity contribution in [2.45, 2.75) is 6.54 Å². The van der Waals surface area contributed by atoms with E-state index < -0.39 is 0 Å². The summed E-state index contributed by atoms with van der Waals surface area (Å²) in [7, 11) is 0. The van der Waals surface area contributed by atoms with Gasteiger partial charge in [-0.1, -0.05) is 23.4 Å². The van der Waals surface area contributed by atoms with E-state index in [2.05, 4.69) is 32.7 Å². The molecule has 0 radical (unpaired) electrons. The second-order valence-electron chi connectivity index (χ2n) is 3.76. The molecule has 0 saturated heterocycles. The smallest absolute Gasteiger partial charge is 0.246 e. The van der Waals surface area contributed by atoms with Crippen molar-refractivity contribution in [2.75, 3.05) is 11.9 Å². The Hall–Kier alpha value is -2.43. The van der Waals surface area contributed by atoms with Crippen LogP contribution in [0.15, 0.2) is 24.5 Å². The molecule has 0 spiro atoms. The number of nitrogens with zero attached hydrogens (tertiary/aromatic N) is 4. The highest BCUT2D eigenvalue weighted by molar-refractivity contribution is 6.33. The summed E-state index contributed by atoms with van der Waals surface area (Å²) in [5, 5.41) is 13.6. The van der Waals surface area contributed by atoms with E-state index in [1.807, 2.05) is 0 Å². The number of aromatic nitrogens is 4. The Labute approximate surface area is 120 Å². The van der Waals surface area contributed by atoms with Gasteiger partial charge in [0, 0.05) is 5.56 Å². The van der Waals surface area contributed by atoms with Crippen LogP contribution in [0.4, 0.5) is 5.69 Å². The van der Waals surface area contributed by atoms with E-state index in [1.54, 1.807) is 18.2 Å². The van der Waals surface area contributed by atoms with Gasteiger partial charge in [0.15, 0.2) is 0 Å². The summed E-state index contributed by atoms with van der Waals surface area (Å²) in [6, 6.07) is 5.10. The molecule has 0 unspecified atom stereocenters. The van der Waals surface area contributed by atoms with Crippen molar-refractivity contribution in [2.24, 2.45) is 5.73 Å². The van der Waals surface area contributed by atoms with E-state index in [4.69, 9.17) is 17.3 Å². The Morgan fingerprint density at radius 3 is 3.05 bits per heavy atom. The van der Waals surface area contributed by atoms with Gasteiger partial charge < -0.3 is 11.1 Å². The maximum Gasteiger partial charge on any atom is 0.246 e. The molecular weight excluding hydrogens is 280 g/mol. The summed E-state index contributed by atoms with van der Waals surface area (Å²) in [6.45, 7) is 0.269. The molecule has 1 amide bonds.